The van der Waals surface area contributed by atoms with Crippen LogP contribution in [0, 0.1) is 0 Å². The zero-order valence-electron chi connectivity index (χ0n) is 10.3. The van der Waals surface area contributed by atoms with Crippen LogP contribution in [-0.2, 0) is 11.2 Å². The summed E-state index contributed by atoms with van der Waals surface area (Å²) in [6.45, 7) is 4.64. The summed E-state index contributed by atoms with van der Waals surface area (Å²) in [5.41, 5.74) is 1.10. The van der Waals surface area contributed by atoms with Crippen LogP contribution in [0.5, 0.6) is 0 Å². The average molecular weight is 280 g/mol. The maximum Gasteiger partial charge on any atom is 0.113 e. The molecule has 0 aliphatic carbocycles. The van der Waals surface area contributed by atoms with Crippen molar-refractivity contribution in [3.05, 3.63) is 27.4 Å². The van der Waals surface area contributed by atoms with Crippen molar-refractivity contribution in [2.24, 2.45) is 0 Å². The molecule has 3 nitrogen and oxygen atoms in total. The first-order valence-electron chi connectivity index (χ1n) is 6.22. The highest BCUT2D eigenvalue weighted by atomic mass is 32.1. The number of rotatable bonds is 3. The topological polar surface area (TPSA) is 34.1 Å². The smallest absolute Gasteiger partial charge is 0.113 e. The number of ether oxygens (including phenoxy) is 1. The van der Waals surface area contributed by atoms with E-state index < -0.39 is 0 Å². The van der Waals surface area contributed by atoms with Gasteiger partial charge in [0.1, 0.15) is 5.01 Å². The Hall–Kier alpha value is -0.750. The standard InChI is InChI=1S/C13H16N2OS2/c1-2-9-3-4-12(18-9)11-8-17-13(15-11)10-7-16-6-5-14-10/h3-4,8,10,14H,2,5-7H2,1H3. The number of thiophene rings is 1. The third-order valence-electron chi connectivity index (χ3n) is 3.00. The number of morpholine rings is 1. The van der Waals surface area contributed by atoms with Crippen molar-refractivity contribution in [1.29, 1.82) is 0 Å². The lowest BCUT2D eigenvalue weighted by molar-refractivity contribution is 0.0768. The number of aryl methyl sites for hydroxylation is 1. The Labute approximate surface area is 115 Å². The van der Waals surface area contributed by atoms with Gasteiger partial charge in [-0.05, 0) is 18.6 Å². The summed E-state index contributed by atoms with van der Waals surface area (Å²) in [6.07, 6.45) is 1.10. The highest BCUT2D eigenvalue weighted by Crippen LogP contribution is 2.31. The van der Waals surface area contributed by atoms with Crippen molar-refractivity contribution in [3.8, 4) is 10.6 Å². The molecule has 1 fully saturated rings. The maximum atomic E-state index is 5.48. The molecule has 0 spiro atoms. The Morgan fingerprint density at radius 2 is 2.44 bits per heavy atom. The van der Waals surface area contributed by atoms with Crippen LogP contribution in [0.15, 0.2) is 17.5 Å². The third kappa shape index (κ3) is 2.49. The molecule has 2 aromatic heterocycles. The second kappa shape index (κ2) is 5.48. The summed E-state index contributed by atoms with van der Waals surface area (Å²) in [5, 5.41) is 6.73. The number of nitrogens with zero attached hydrogens (tertiary/aromatic N) is 1. The van der Waals surface area contributed by atoms with E-state index in [9.17, 15) is 0 Å². The van der Waals surface area contributed by atoms with E-state index in [1.54, 1.807) is 11.3 Å². The second-order valence-electron chi connectivity index (χ2n) is 4.27. The van der Waals surface area contributed by atoms with Crippen LogP contribution in [-0.4, -0.2) is 24.7 Å². The average Bonchev–Trinajstić information content (AvgIpc) is 3.08. The van der Waals surface area contributed by atoms with Crippen LogP contribution < -0.4 is 5.32 Å². The van der Waals surface area contributed by atoms with Crippen LogP contribution in [0.4, 0.5) is 0 Å². The van der Waals surface area contributed by atoms with Gasteiger partial charge in [0.25, 0.3) is 0 Å². The number of hydrogen-bond donors (Lipinski definition) is 1. The zero-order valence-corrected chi connectivity index (χ0v) is 11.9. The molecule has 0 saturated carbocycles. The fourth-order valence-electron chi connectivity index (χ4n) is 1.99. The van der Waals surface area contributed by atoms with Gasteiger partial charge in [0.05, 0.1) is 29.8 Å². The van der Waals surface area contributed by atoms with Crippen LogP contribution >= 0.6 is 22.7 Å². The lowest BCUT2D eigenvalue weighted by Gasteiger charge is -2.21. The SMILES string of the molecule is CCc1ccc(-c2csc(C3COCCN3)n2)s1. The summed E-state index contributed by atoms with van der Waals surface area (Å²) in [5.74, 6) is 0. The molecule has 1 atom stereocenters. The van der Waals surface area contributed by atoms with Crippen molar-refractivity contribution in [3.63, 3.8) is 0 Å². The van der Waals surface area contributed by atoms with Crippen LogP contribution in [0.2, 0.25) is 0 Å². The molecule has 1 unspecified atom stereocenters. The van der Waals surface area contributed by atoms with Crippen LogP contribution in [0.25, 0.3) is 10.6 Å². The highest BCUT2D eigenvalue weighted by molar-refractivity contribution is 7.16. The van der Waals surface area contributed by atoms with Crippen molar-refractivity contribution < 1.29 is 4.74 Å². The monoisotopic (exact) mass is 280 g/mol. The molecule has 3 heterocycles. The van der Waals surface area contributed by atoms with Gasteiger partial charge >= 0.3 is 0 Å². The molecule has 2 aromatic rings. The van der Waals surface area contributed by atoms with Crippen LogP contribution in [0.3, 0.4) is 0 Å². The van der Waals surface area contributed by atoms with Crippen molar-refractivity contribution in [1.82, 2.24) is 10.3 Å². The third-order valence-corrected chi connectivity index (χ3v) is 5.21. The first-order valence-corrected chi connectivity index (χ1v) is 7.92. The van der Waals surface area contributed by atoms with Gasteiger partial charge in [0, 0.05) is 16.8 Å². The zero-order chi connectivity index (χ0) is 12.4. The number of nitrogens with one attached hydrogen (secondary N) is 1. The maximum absolute atomic E-state index is 5.48. The van der Waals surface area contributed by atoms with Gasteiger partial charge in [-0.25, -0.2) is 4.98 Å². The largest absolute Gasteiger partial charge is 0.378 e. The Morgan fingerprint density at radius 1 is 1.50 bits per heavy atom. The Balaban J connectivity index is 1.79. The lowest BCUT2D eigenvalue weighted by Crippen LogP contribution is -2.34. The van der Waals surface area contributed by atoms with Crippen molar-refractivity contribution in [2.45, 2.75) is 19.4 Å². The van der Waals surface area contributed by atoms with Gasteiger partial charge in [-0.15, -0.1) is 22.7 Å². The summed E-state index contributed by atoms with van der Waals surface area (Å²) in [4.78, 5) is 7.42. The van der Waals surface area contributed by atoms with Crippen molar-refractivity contribution >= 4 is 22.7 Å². The minimum absolute atomic E-state index is 0.267. The molecule has 3 rings (SSSR count). The summed E-state index contributed by atoms with van der Waals surface area (Å²) >= 11 is 3.56. The fourth-order valence-corrected chi connectivity index (χ4v) is 3.85. The highest BCUT2D eigenvalue weighted by Gasteiger charge is 2.19. The van der Waals surface area contributed by atoms with E-state index in [-0.39, 0.29) is 6.04 Å². The van der Waals surface area contributed by atoms with E-state index in [1.165, 1.54) is 9.75 Å². The van der Waals surface area contributed by atoms with Gasteiger partial charge < -0.3 is 10.1 Å². The first kappa shape index (κ1) is 12.3. The van der Waals surface area contributed by atoms with Gasteiger partial charge in [-0.3, -0.25) is 0 Å². The van der Waals surface area contributed by atoms with Gasteiger partial charge in [-0.2, -0.15) is 0 Å². The lowest BCUT2D eigenvalue weighted by atomic mass is 10.3. The molecule has 0 amide bonds. The van der Waals surface area contributed by atoms with Gasteiger partial charge in [0.15, 0.2) is 0 Å². The van der Waals surface area contributed by atoms with E-state index in [1.807, 2.05) is 11.3 Å². The molecule has 5 heteroatoms. The molecule has 0 aromatic carbocycles. The molecular weight excluding hydrogens is 264 g/mol. The predicted molar refractivity (Wildman–Crippen MR) is 76.4 cm³/mol. The normalized spacial score (nSPS) is 20.2. The predicted octanol–water partition coefficient (Wildman–Crippen LogP) is 3.09. The second-order valence-corrected chi connectivity index (χ2v) is 6.33. The molecule has 18 heavy (non-hydrogen) atoms. The minimum atomic E-state index is 0.267. The van der Waals surface area contributed by atoms with Crippen LogP contribution in [0.1, 0.15) is 22.9 Å². The molecular formula is C13H16N2OS2. The Morgan fingerprint density at radius 3 is 3.17 bits per heavy atom. The quantitative estimate of drug-likeness (QED) is 0.938. The minimum Gasteiger partial charge on any atom is -0.378 e. The van der Waals surface area contributed by atoms with Gasteiger partial charge in [-0.1, -0.05) is 6.92 Å². The molecule has 1 saturated heterocycles. The molecule has 96 valence electrons. The number of thiazole rings is 1. The molecule has 1 N–H and O–H groups in total. The molecule has 1 aliphatic heterocycles. The number of hydrogen-bond acceptors (Lipinski definition) is 5. The first-order chi connectivity index (χ1) is 8.86. The summed E-state index contributed by atoms with van der Waals surface area (Å²) in [6, 6.07) is 4.64. The molecule has 1 aliphatic rings. The van der Waals surface area contributed by atoms with E-state index in [2.05, 4.69) is 29.8 Å². The Kier molecular flexibility index (Phi) is 3.75. The van der Waals surface area contributed by atoms with E-state index in [0.717, 1.165) is 36.9 Å². The number of aromatic nitrogens is 1. The molecule has 0 bridgehead atoms. The van der Waals surface area contributed by atoms with E-state index >= 15 is 0 Å². The van der Waals surface area contributed by atoms with Gasteiger partial charge in [0.2, 0.25) is 0 Å². The molecule has 0 radical (unpaired) electrons. The van der Waals surface area contributed by atoms with E-state index in [4.69, 9.17) is 9.72 Å². The fraction of sp³-hybridized carbons (Fsp3) is 0.462. The Bertz CT molecular complexity index is 515. The summed E-state index contributed by atoms with van der Waals surface area (Å²) in [7, 11) is 0. The van der Waals surface area contributed by atoms with Crippen molar-refractivity contribution in [2.75, 3.05) is 19.8 Å². The summed E-state index contributed by atoms with van der Waals surface area (Å²) < 4.78 is 5.48. The van der Waals surface area contributed by atoms with E-state index in [0.29, 0.717) is 0 Å².